The molecule has 7 heteroatoms. The van der Waals surface area contributed by atoms with Gasteiger partial charge in [0.15, 0.2) is 5.76 Å². The van der Waals surface area contributed by atoms with Crippen LogP contribution in [0.1, 0.15) is 5.56 Å². The number of benzene rings is 2. The highest BCUT2D eigenvalue weighted by Crippen LogP contribution is 2.41. The molecule has 0 saturated carbocycles. The van der Waals surface area contributed by atoms with Crippen LogP contribution >= 0.6 is 23.2 Å². The van der Waals surface area contributed by atoms with Gasteiger partial charge in [-0.05, 0) is 24.3 Å². The van der Waals surface area contributed by atoms with Crippen molar-refractivity contribution >= 4 is 23.2 Å². The largest absolute Gasteiger partial charge is 0.497 e. The number of methoxy groups -OCH3 is 2. The molecule has 0 saturated heterocycles. The molecule has 0 radical (unpaired) electrons. The van der Waals surface area contributed by atoms with Crippen LogP contribution in [0.15, 0.2) is 40.9 Å². The molecule has 3 rings (SSSR count). The Morgan fingerprint density at radius 1 is 1.04 bits per heavy atom. The Bertz CT molecular complexity index is 866. The van der Waals surface area contributed by atoms with Crippen molar-refractivity contribution in [2.45, 2.75) is 6.61 Å². The number of aliphatic hydroxyl groups excluding tert-OH is 1. The number of halogens is 2. The van der Waals surface area contributed by atoms with Crippen molar-refractivity contribution in [1.82, 2.24) is 5.16 Å². The molecule has 0 fully saturated rings. The molecular formula is C18H15Cl2NO4. The summed E-state index contributed by atoms with van der Waals surface area (Å²) >= 11 is 12.5. The molecule has 130 valence electrons. The summed E-state index contributed by atoms with van der Waals surface area (Å²) in [7, 11) is 3.12. The van der Waals surface area contributed by atoms with E-state index >= 15 is 0 Å². The molecule has 0 aliphatic rings. The molecule has 0 spiro atoms. The fraction of sp³-hybridized carbons (Fsp3) is 0.167. The molecular weight excluding hydrogens is 365 g/mol. The molecule has 0 aliphatic carbocycles. The predicted molar refractivity (Wildman–Crippen MR) is 96.4 cm³/mol. The Kier molecular flexibility index (Phi) is 5.18. The number of hydrogen-bond acceptors (Lipinski definition) is 5. The molecule has 0 amide bonds. The lowest BCUT2D eigenvalue weighted by atomic mass is 10.0. The normalized spacial score (nSPS) is 10.8. The van der Waals surface area contributed by atoms with Crippen LogP contribution in [0.25, 0.3) is 22.6 Å². The third-order valence-electron chi connectivity index (χ3n) is 3.76. The van der Waals surface area contributed by atoms with Gasteiger partial charge in [-0.1, -0.05) is 34.4 Å². The van der Waals surface area contributed by atoms with Gasteiger partial charge in [0.25, 0.3) is 0 Å². The Morgan fingerprint density at radius 2 is 1.64 bits per heavy atom. The molecule has 5 nitrogen and oxygen atoms in total. The van der Waals surface area contributed by atoms with Crippen molar-refractivity contribution in [3.63, 3.8) is 0 Å². The van der Waals surface area contributed by atoms with E-state index in [4.69, 9.17) is 37.2 Å². The van der Waals surface area contributed by atoms with Crippen LogP contribution in [0.5, 0.6) is 11.5 Å². The summed E-state index contributed by atoms with van der Waals surface area (Å²) in [5.41, 5.74) is 2.11. The molecule has 1 N–H and O–H groups in total. The van der Waals surface area contributed by atoms with Crippen molar-refractivity contribution in [3.05, 3.63) is 52.0 Å². The first kappa shape index (κ1) is 17.6. The van der Waals surface area contributed by atoms with Gasteiger partial charge in [-0.15, -0.1) is 0 Å². The average Bonchev–Trinajstić information content (AvgIpc) is 3.04. The molecule has 1 aromatic heterocycles. The van der Waals surface area contributed by atoms with E-state index in [1.54, 1.807) is 50.6 Å². The molecule has 3 aromatic rings. The number of nitrogens with zero attached hydrogens (tertiary/aromatic N) is 1. The van der Waals surface area contributed by atoms with E-state index in [1.807, 2.05) is 0 Å². The lowest BCUT2D eigenvalue weighted by molar-refractivity contribution is 0.281. The first-order valence-corrected chi connectivity index (χ1v) is 8.11. The summed E-state index contributed by atoms with van der Waals surface area (Å²) in [4.78, 5) is 0. The zero-order chi connectivity index (χ0) is 18.0. The van der Waals surface area contributed by atoms with Crippen molar-refractivity contribution in [2.75, 3.05) is 14.2 Å². The monoisotopic (exact) mass is 379 g/mol. The van der Waals surface area contributed by atoms with Crippen LogP contribution < -0.4 is 9.47 Å². The van der Waals surface area contributed by atoms with E-state index in [1.165, 1.54) is 0 Å². The third kappa shape index (κ3) is 3.31. The van der Waals surface area contributed by atoms with Crippen LogP contribution in [0.4, 0.5) is 0 Å². The minimum atomic E-state index is -0.296. The van der Waals surface area contributed by atoms with Crippen LogP contribution in [0.3, 0.4) is 0 Å². The SMILES string of the molecule is COc1cc(OC)cc(-c2noc(-c3c(Cl)cccc3Cl)c2CO)c1. The first-order chi connectivity index (χ1) is 12.1. The highest BCUT2D eigenvalue weighted by Gasteiger charge is 2.23. The van der Waals surface area contributed by atoms with Gasteiger partial charge < -0.3 is 19.1 Å². The molecule has 1 heterocycles. The zero-order valence-corrected chi connectivity index (χ0v) is 15.1. The highest BCUT2D eigenvalue weighted by molar-refractivity contribution is 6.39. The summed E-state index contributed by atoms with van der Waals surface area (Å²) in [6, 6.07) is 10.4. The van der Waals surface area contributed by atoms with E-state index in [0.29, 0.717) is 49.7 Å². The maximum absolute atomic E-state index is 9.90. The van der Waals surface area contributed by atoms with Gasteiger partial charge in [0, 0.05) is 11.6 Å². The zero-order valence-electron chi connectivity index (χ0n) is 13.5. The number of ether oxygens (including phenoxy) is 2. The fourth-order valence-electron chi connectivity index (χ4n) is 2.54. The van der Waals surface area contributed by atoms with Gasteiger partial charge in [0.1, 0.15) is 17.2 Å². The van der Waals surface area contributed by atoms with Gasteiger partial charge in [-0.3, -0.25) is 0 Å². The topological polar surface area (TPSA) is 64.7 Å². The molecule has 25 heavy (non-hydrogen) atoms. The predicted octanol–water partition coefficient (Wildman–Crippen LogP) is 4.82. The second kappa shape index (κ2) is 7.35. The van der Waals surface area contributed by atoms with Gasteiger partial charge >= 0.3 is 0 Å². The summed E-state index contributed by atoms with van der Waals surface area (Å²) < 4.78 is 16.0. The number of aliphatic hydroxyl groups is 1. The van der Waals surface area contributed by atoms with Gasteiger partial charge in [-0.2, -0.15) is 0 Å². The summed E-state index contributed by atoms with van der Waals surface area (Å²) in [6.07, 6.45) is 0. The minimum Gasteiger partial charge on any atom is -0.497 e. The maximum Gasteiger partial charge on any atom is 0.176 e. The van der Waals surface area contributed by atoms with Crippen LogP contribution in [-0.2, 0) is 6.61 Å². The Balaban J connectivity index is 2.19. The van der Waals surface area contributed by atoms with Crippen molar-refractivity contribution in [2.24, 2.45) is 0 Å². The van der Waals surface area contributed by atoms with Crippen molar-refractivity contribution in [1.29, 1.82) is 0 Å². The van der Waals surface area contributed by atoms with Gasteiger partial charge in [0.05, 0.1) is 42.0 Å². The van der Waals surface area contributed by atoms with Crippen LogP contribution in [0, 0.1) is 0 Å². The van der Waals surface area contributed by atoms with Crippen LogP contribution in [-0.4, -0.2) is 24.5 Å². The molecule has 0 atom stereocenters. The first-order valence-electron chi connectivity index (χ1n) is 7.36. The maximum atomic E-state index is 9.90. The lowest BCUT2D eigenvalue weighted by Crippen LogP contribution is -1.93. The lowest BCUT2D eigenvalue weighted by Gasteiger charge is -2.08. The summed E-state index contributed by atoms with van der Waals surface area (Å²) in [6.45, 7) is -0.296. The Labute approximate surface area is 154 Å². The molecule has 2 aromatic carbocycles. The third-order valence-corrected chi connectivity index (χ3v) is 4.39. The summed E-state index contributed by atoms with van der Waals surface area (Å²) in [5, 5.41) is 14.8. The standard InChI is InChI=1S/C18H15Cl2NO4/c1-23-11-6-10(7-12(8-11)24-2)17-13(9-22)18(25-21-17)16-14(19)4-3-5-15(16)20/h3-8,22H,9H2,1-2H3. The van der Waals surface area contributed by atoms with Crippen LogP contribution in [0.2, 0.25) is 10.0 Å². The number of hydrogen-bond donors (Lipinski definition) is 1. The smallest absolute Gasteiger partial charge is 0.176 e. The summed E-state index contributed by atoms with van der Waals surface area (Å²) in [5.74, 6) is 1.52. The Hall–Kier alpha value is -2.21. The fourth-order valence-corrected chi connectivity index (χ4v) is 3.11. The van der Waals surface area contributed by atoms with Crippen molar-refractivity contribution in [3.8, 4) is 34.1 Å². The number of rotatable bonds is 5. The van der Waals surface area contributed by atoms with Crippen molar-refractivity contribution < 1.29 is 19.1 Å². The average molecular weight is 380 g/mol. The van der Waals surface area contributed by atoms with E-state index < -0.39 is 0 Å². The highest BCUT2D eigenvalue weighted by atomic mass is 35.5. The molecule has 0 unspecified atom stereocenters. The van der Waals surface area contributed by atoms with E-state index in [-0.39, 0.29) is 6.61 Å². The minimum absolute atomic E-state index is 0.296. The second-order valence-corrected chi connectivity index (χ2v) is 6.01. The molecule has 0 aliphatic heterocycles. The van der Waals surface area contributed by atoms with Gasteiger partial charge in [0.2, 0.25) is 0 Å². The number of aromatic nitrogens is 1. The van der Waals surface area contributed by atoms with E-state index in [9.17, 15) is 5.11 Å². The second-order valence-electron chi connectivity index (χ2n) is 5.19. The van der Waals surface area contributed by atoms with Gasteiger partial charge in [-0.25, -0.2) is 0 Å². The quantitative estimate of drug-likeness (QED) is 0.687. The Morgan fingerprint density at radius 3 is 2.16 bits per heavy atom. The van der Waals surface area contributed by atoms with E-state index in [2.05, 4.69) is 5.16 Å². The van der Waals surface area contributed by atoms with E-state index in [0.717, 1.165) is 0 Å². The molecule has 0 bridgehead atoms.